The lowest BCUT2D eigenvalue weighted by Crippen LogP contribution is -2.11. The van der Waals surface area contributed by atoms with Gasteiger partial charge in [-0.1, -0.05) is 142 Å². The number of aryl methyl sites for hydroxylation is 3. The molecule has 0 aliphatic heterocycles. The molecule has 0 fully saturated rings. The number of aromatic hydroxyl groups is 1. The van der Waals surface area contributed by atoms with E-state index in [2.05, 4.69) is 4.98 Å². The molecule has 8 rings (SSSR count). The van der Waals surface area contributed by atoms with E-state index in [1.54, 1.807) is 63.5 Å². The molecule has 8 aromatic rings. The minimum Gasteiger partial charge on any atom is -0.507 e. The van der Waals surface area contributed by atoms with Crippen molar-refractivity contribution in [1.29, 1.82) is 0 Å². The molecule has 0 radical (unpaired) electrons. The molecule has 0 aliphatic carbocycles. The summed E-state index contributed by atoms with van der Waals surface area (Å²) in [7, 11) is 0. The second-order valence-electron chi connectivity index (χ2n) is 17.9. The highest BCUT2D eigenvalue weighted by molar-refractivity contribution is 5.97. The Bertz CT molecular complexity index is 3710. The third-order valence-corrected chi connectivity index (χ3v) is 11.5. The van der Waals surface area contributed by atoms with Crippen LogP contribution in [0.2, 0.25) is 0 Å². The Balaban J connectivity index is 1.39. The number of pyridine rings is 1. The van der Waals surface area contributed by atoms with Gasteiger partial charge in [-0.05, 0) is 159 Å². The van der Waals surface area contributed by atoms with Crippen molar-refractivity contribution in [3.05, 3.63) is 166 Å². The molecule has 0 bridgehead atoms. The van der Waals surface area contributed by atoms with E-state index < -0.39 is 79.8 Å². The molecule has 0 saturated heterocycles. The Morgan fingerprint density at radius 2 is 1.35 bits per heavy atom. The van der Waals surface area contributed by atoms with E-state index in [4.69, 9.17) is 29.7 Å². The van der Waals surface area contributed by atoms with E-state index in [1.807, 2.05) is 88.4 Å². The highest BCUT2D eigenvalue weighted by Gasteiger charge is 2.25. The highest BCUT2D eigenvalue weighted by atomic mass is 16.3. The van der Waals surface area contributed by atoms with Crippen LogP contribution in [0.3, 0.4) is 0 Å². The van der Waals surface area contributed by atoms with Gasteiger partial charge in [0.05, 0.1) is 33.5 Å². The first-order valence-corrected chi connectivity index (χ1v) is 20.9. The summed E-state index contributed by atoms with van der Waals surface area (Å²) in [5.74, 6) is -2.08. The maximum atomic E-state index is 11.9. The molecule has 4 heteroatoms. The summed E-state index contributed by atoms with van der Waals surface area (Å²) in [5, 5.41) is 11.9. The smallest absolute Gasteiger partial charge is 0.149 e. The van der Waals surface area contributed by atoms with Crippen molar-refractivity contribution in [3.8, 4) is 67.5 Å². The van der Waals surface area contributed by atoms with Gasteiger partial charge in [-0.2, -0.15) is 0 Å². The standard InChI is InChI=1S/C59H63N3O/c1-35(2)47-16-14-17-48(36(3)4)54(47)42-22-25-52(38(6)30-42)62-53-19-15-18-49(55(53)61-57(62)50-29-37(5)28-39(7)56(50)63)43-31-44(33-46(32-43)59(11,12)13)51-34-41(26-27-60-51)40-20-23-45(24-21-40)58(8,9)10/h14-36,63H,1-13H3/i6D3,8D3,9D3,10D3,20D,21D,23D,24D,35D,36D. The maximum absolute atomic E-state index is 11.9. The van der Waals surface area contributed by atoms with E-state index in [0.29, 0.717) is 61.1 Å². The second-order valence-corrected chi connectivity index (χ2v) is 17.9. The lowest BCUT2D eigenvalue weighted by Gasteiger charge is -2.22. The quantitative estimate of drug-likeness (QED) is 0.166. The monoisotopic (exact) mass is 848 g/mol. The van der Waals surface area contributed by atoms with Crippen LogP contribution in [0.4, 0.5) is 0 Å². The molecule has 2 aromatic heterocycles. The van der Waals surface area contributed by atoms with E-state index in [0.717, 1.165) is 11.1 Å². The van der Waals surface area contributed by atoms with Gasteiger partial charge >= 0.3 is 0 Å². The zero-order chi connectivity index (χ0) is 60.4. The molecular formula is C59H63N3O. The van der Waals surface area contributed by atoms with E-state index in [1.165, 1.54) is 18.3 Å². The van der Waals surface area contributed by atoms with Gasteiger partial charge in [-0.3, -0.25) is 9.55 Å². The number of rotatable bonds is 8. The summed E-state index contributed by atoms with van der Waals surface area (Å²) in [4.78, 5) is 9.98. The van der Waals surface area contributed by atoms with Crippen molar-refractivity contribution in [2.75, 3.05) is 0 Å². The lowest BCUT2D eigenvalue weighted by atomic mass is 9.83. The number of phenols is 1. The number of nitrogens with zero attached hydrogens (tertiary/aromatic N) is 3. The van der Waals surface area contributed by atoms with Gasteiger partial charge in [0.15, 0.2) is 0 Å². The third kappa shape index (κ3) is 8.36. The van der Waals surface area contributed by atoms with Gasteiger partial charge < -0.3 is 5.11 Å². The number of benzene rings is 6. The van der Waals surface area contributed by atoms with Crippen molar-refractivity contribution >= 4 is 11.0 Å². The lowest BCUT2D eigenvalue weighted by molar-refractivity contribution is 0.472. The first kappa shape index (κ1) is 26.4. The van der Waals surface area contributed by atoms with E-state index >= 15 is 0 Å². The number of hydrogen-bond donors (Lipinski definition) is 1. The fraction of sp³-hybridized carbons (Fsp3) is 0.288. The van der Waals surface area contributed by atoms with Crippen LogP contribution in [0.5, 0.6) is 5.75 Å². The van der Waals surface area contributed by atoms with Crippen LogP contribution in [-0.4, -0.2) is 19.6 Å². The number of fused-ring (bicyclic) bond motifs is 1. The molecule has 0 aliphatic rings. The Kier molecular flexibility index (Phi) is 6.89. The summed E-state index contributed by atoms with van der Waals surface area (Å²) in [6.45, 7) is 2.41. The van der Waals surface area contributed by atoms with Gasteiger partial charge in [0, 0.05) is 36.5 Å². The van der Waals surface area contributed by atoms with Gasteiger partial charge in [0.25, 0.3) is 0 Å². The summed E-state index contributed by atoms with van der Waals surface area (Å²) < 4.78 is 158. The van der Waals surface area contributed by atoms with Crippen LogP contribution in [0.1, 0.15) is 144 Å². The molecule has 0 atom stereocenters. The summed E-state index contributed by atoms with van der Waals surface area (Å²) >= 11 is 0. The molecule has 320 valence electrons. The molecule has 63 heavy (non-hydrogen) atoms. The Hall–Kier alpha value is -6.26. The Morgan fingerprint density at radius 3 is 2.02 bits per heavy atom. The average molecular weight is 848 g/mol. The predicted octanol–water partition coefficient (Wildman–Crippen LogP) is 16.2. The van der Waals surface area contributed by atoms with Crippen molar-refractivity contribution < 1.29 is 29.8 Å². The maximum Gasteiger partial charge on any atom is 0.149 e. The number of hydrogen-bond acceptors (Lipinski definition) is 3. The topological polar surface area (TPSA) is 50.9 Å². The SMILES string of the molecule is [2H]c1c([2H])c(C(C([2H])([2H])[2H])(C([2H])([2H])[2H])C([2H])([2H])[2H])c([2H])c([2H])c1-c1ccnc(-c2cc(-c3cccc4c3nc(-c3cc(C)cc(C)c3O)n4-c3ccc(-c4c(C([2H])(C)C)cccc4C([2H])(C)C)cc3C([2H])([2H])[2H])cc(C(C)(C)C)c2)c1. The molecule has 6 aromatic carbocycles. The Morgan fingerprint density at radius 1 is 0.651 bits per heavy atom. The summed E-state index contributed by atoms with van der Waals surface area (Å²) in [5.41, 5.74) is 2.15. The molecule has 4 nitrogen and oxygen atoms in total. The van der Waals surface area contributed by atoms with Gasteiger partial charge in [0.2, 0.25) is 0 Å². The first-order chi connectivity index (χ1) is 37.0. The average Bonchev–Trinajstić information content (AvgIpc) is 2.77. The van der Waals surface area contributed by atoms with Crippen LogP contribution in [-0.2, 0) is 10.8 Å². The molecule has 0 saturated carbocycles. The van der Waals surface area contributed by atoms with Crippen LogP contribution >= 0.6 is 0 Å². The molecular weight excluding hydrogens is 767 g/mol. The minimum atomic E-state index is -3.84. The van der Waals surface area contributed by atoms with Gasteiger partial charge in [-0.15, -0.1) is 0 Å². The van der Waals surface area contributed by atoms with Crippen LogP contribution in [0, 0.1) is 20.7 Å². The summed E-state index contributed by atoms with van der Waals surface area (Å²) in [6.07, 6.45) is 1.38. The number of imidazole rings is 1. The van der Waals surface area contributed by atoms with Gasteiger partial charge in [-0.25, -0.2) is 4.98 Å². The fourth-order valence-electron chi connectivity index (χ4n) is 8.22. The largest absolute Gasteiger partial charge is 0.507 e. The van der Waals surface area contributed by atoms with Crippen molar-refractivity contribution in [2.45, 2.75) is 112 Å². The normalized spacial score (nSPS) is 17.5. The first-order valence-electron chi connectivity index (χ1n) is 29.9. The number of para-hydroxylation sites is 1. The minimum absolute atomic E-state index is 0.0494. The number of aromatic nitrogens is 3. The van der Waals surface area contributed by atoms with E-state index in [-0.39, 0.29) is 39.6 Å². The third-order valence-electron chi connectivity index (χ3n) is 11.5. The van der Waals surface area contributed by atoms with Crippen LogP contribution < -0.4 is 0 Å². The molecule has 0 amide bonds. The fourth-order valence-corrected chi connectivity index (χ4v) is 8.22. The zero-order valence-corrected chi connectivity index (χ0v) is 37.1. The molecule has 2 heterocycles. The second kappa shape index (κ2) is 16.5. The highest BCUT2D eigenvalue weighted by Crippen LogP contribution is 2.43. The molecule has 1 N–H and O–H groups in total. The molecule has 0 unspecified atom stereocenters. The Labute approximate surface area is 401 Å². The van der Waals surface area contributed by atoms with Crippen molar-refractivity contribution in [3.63, 3.8) is 0 Å². The van der Waals surface area contributed by atoms with Crippen molar-refractivity contribution in [2.24, 2.45) is 0 Å². The van der Waals surface area contributed by atoms with Crippen LogP contribution in [0.15, 0.2) is 127 Å². The number of phenolic OH excluding ortho intramolecular Hbond substituents is 1. The van der Waals surface area contributed by atoms with E-state index in [9.17, 15) is 5.11 Å². The molecule has 0 spiro atoms. The van der Waals surface area contributed by atoms with Gasteiger partial charge in [0.1, 0.15) is 11.6 Å². The summed E-state index contributed by atoms with van der Waals surface area (Å²) in [6, 6.07) is 24.3. The van der Waals surface area contributed by atoms with Crippen LogP contribution in [0.25, 0.3) is 72.7 Å². The van der Waals surface area contributed by atoms with Crippen molar-refractivity contribution in [1.82, 2.24) is 14.5 Å². The zero-order valence-electron chi connectivity index (χ0n) is 55.1. The predicted molar refractivity (Wildman–Crippen MR) is 267 cm³/mol.